The van der Waals surface area contributed by atoms with Crippen molar-refractivity contribution in [1.29, 1.82) is 0 Å². The van der Waals surface area contributed by atoms with Gasteiger partial charge in [0.15, 0.2) is 0 Å². The Balaban J connectivity index is 2.36. The second-order valence-electron chi connectivity index (χ2n) is 4.34. The van der Waals surface area contributed by atoms with Gasteiger partial charge in [0.05, 0.1) is 10.7 Å². The van der Waals surface area contributed by atoms with Crippen LogP contribution in [0.2, 0.25) is 5.02 Å². The smallest absolute Gasteiger partial charge is 0.263 e. The highest BCUT2D eigenvalue weighted by atomic mass is 35.5. The SMILES string of the molecule is CNc1ncc(S(=O)(=O)Nc2ccc(C)cc2F)cc1Cl. The van der Waals surface area contributed by atoms with Gasteiger partial charge in [-0.25, -0.2) is 17.8 Å². The molecule has 0 aliphatic heterocycles. The van der Waals surface area contributed by atoms with E-state index in [1.807, 2.05) is 0 Å². The Morgan fingerprint density at radius 3 is 2.57 bits per heavy atom. The quantitative estimate of drug-likeness (QED) is 0.904. The largest absolute Gasteiger partial charge is 0.372 e. The van der Waals surface area contributed by atoms with Gasteiger partial charge >= 0.3 is 0 Å². The number of aromatic nitrogens is 1. The number of hydrogen-bond acceptors (Lipinski definition) is 4. The van der Waals surface area contributed by atoms with Crippen molar-refractivity contribution >= 4 is 33.1 Å². The van der Waals surface area contributed by atoms with Crippen LogP contribution in [0.25, 0.3) is 0 Å². The number of pyridine rings is 1. The van der Waals surface area contributed by atoms with E-state index in [1.165, 1.54) is 18.2 Å². The summed E-state index contributed by atoms with van der Waals surface area (Å²) in [4.78, 5) is 3.74. The number of halogens is 2. The van der Waals surface area contributed by atoms with Gasteiger partial charge in [0, 0.05) is 13.2 Å². The number of anilines is 2. The van der Waals surface area contributed by atoms with E-state index in [4.69, 9.17) is 11.6 Å². The summed E-state index contributed by atoms with van der Waals surface area (Å²) >= 11 is 5.90. The number of aryl methyl sites for hydroxylation is 1. The molecule has 112 valence electrons. The molecular weight excluding hydrogens is 317 g/mol. The van der Waals surface area contributed by atoms with E-state index in [0.717, 1.165) is 6.20 Å². The normalized spacial score (nSPS) is 11.2. The lowest BCUT2D eigenvalue weighted by molar-refractivity contribution is 0.598. The van der Waals surface area contributed by atoms with E-state index in [0.29, 0.717) is 11.4 Å². The van der Waals surface area contributed by atoms with Gasteiger partial charge in [0.1, 0.15) is 16.5 Å². The van der Waals surface area contributed by atoms with Crippen LogP contribution in [-0.2, 0) is 10.0 Å². The zero-order valence-corrected chi connectivity index (χ0v) is 12.9. The van der Waals surface area contributed by atoms with Crippen LogP contribution in [0.4, 0.5) is 15.9 Å². The van der Waals surface area contributed by atoms with Crippen molar-refractivity contribution in [2.75, 3.05) is 17.1 Å². The lowest BCUT2D eigenvalue weighted by atomic mass is 10.2. The summed E-state index contributed by atoms with van der Waals surface area (Å²) in [6.45, 7) is 1.71. The third kappa shape index (κ3) is 3.43. The zero-order valence-electron chi connectivity index (χ0n) is 11.3. The van der Waals surface area contributed by atoms with Crippen molar-refractivity contribution in [3.8, 4) is 0 Å². The van der Waals surface area contributed by atoms with Crippen molar-refractivity contribution in [2.45, 2.75) is 11.8 Å². The lowest BCUT2D eigenvalue weighted by Crippen LogP contribution is -2.14. The second kappa shape index (κ2) is 5.87. The Morgan fingerprint density at radius 1 is 1.29 bits per heavy atom. The van der Waals surface area contributed by atoms with E-state index in [1.54, 1.807) is 20.0 Å². The van der Waals surface area contributed by atoms with Crippen molar-refractivity contribution in [3.63, 3.8) is 0 Å². The molecule has 21 heavy (non-hydrogen) atoms. The van der Waals surface area contributed by atoms with Gasteiger partial charge in [-0.1, -0.05) is 17.7 Å². The number of rotatable bonds is 4. The number of nitrogens with one attached hydrogen (secondary N) is 2. The van der Waals surface area contributed by atoms with Crippen LogP contribution in [0.1, 0.15) is 5.56 Å². The second-order valence-corrected chi connectivity index (χ2v) is 6.43. The molecule has 1 aromatic carbocycles. The maximum atomic E-state index is 13.7. The predicted molar refractivity (Wildman–Crippen MR) is 80.7 cm³/mol. The molecule has 0 spiro atoms. The van der Waals surface area contributed by atoms with Crippen LogP contribution >= 0.6 is 11.6 Å². The molecule has 8 heteroatoms. The van der Waals surface area contributed by atoms with Gasteiger partial charge in [0.2, 0.25) is 0 Å². The first-order chi connectivity index (χ1) is 9.83. The average Bonchev–Trinajstić information content (AvgIpc) is 2.42. The summed E-state index contributed by atoms with van der Waals surface area (Å²) in [5.74, 6) is -0.290. The molecule has 0 saturated heterocycles. The zero-order chi connectivity index (χ0) is 15.6. The molecule has 0 saturated carbocycles. The van der Waals surface area contributed by atoms with Gasteiger partial charge in [0.25, 0.3) is 10.0 Å². The molecular formula is C13H13ClFN3O2S. The fourth-order valence-electron chi connectivity index (χ4n) is 1.66. The molecule has 0 fully saturated rings. The van der Waals surface area contributed by atoms with Crippen molar-refractivity contribution in [1.82, 2.24) is 4.98 Å². The first-order valence-corrected chi connectivity index (χ1v) is 7.82. The molecule has 0 radical (unpaired) electrons. The molecule has 0 amide bonds. The average molecular weight is 330 g/mol. The Morgan fingerprint density at radius 2 is 2.00 bits per heavy atom. The minimum atomic E-state index is -3.96. The molecule has 0 aliphatic rings. The van der Waals surface area contributed by atoms with E-state index >= 15 is 0 Å². The standard InChI is InChI=1S/C13H13ClFN3O2S/c1-8-3-4-12(11(15)5-8)18-21(19,20)9-6-10(14)13(16-2)17-7-9/h3-7,18H,1-2H3,(H,16,17). The summed E-state index contributed by atoms with van der Waals surface area (Å²) in [5.41, 5.74) is 0.563. The van der Waals surface area contributed by atoms with Gasteiger partial charge in [-0.3, -0.25) is 4.72 Å². The van der Waals surface area contributed by atoms with Gasteiger partial charge in [-0.15, -0.1) is 0 Å². The summed E-state index contributed by atoms with van der Waals surface area (Å²) in [7, 11) is -2.35. The maximum Gasteiger partial charge on any atom is 0.263 e. The van der Waals surface area contributed by atoms with Crippen LogP contribution in [0.15, 0.2) is 35.4 Å². The van der Waals surface area contributed by atoms with Gasteiger partial charge in [-0.2, -0.15) is 0 Å². The Hall–Kier alpha value is -1.86. The molecule has 2 rings (SSSR count). The first-order valence-electron chi connectivity index (χ1n) is 5.96. The third-order valence-corrected chi connectivity index (χ3v) is 4.35. The highest BCUT2D eigenvalue weighted by Gasteiger charge is 2.18. The Kier molecular flexibility index (Phi) is 4.34. The van der Waals surface area contributed by atoms with Gasteiger partial charge < -0.3 is 5.32 Å². The maximum absolute atomic E-state index is 13.7. The van der Waals surface area contributed by atoms with Crippen LogP contribution in [0.5, 0.6) is 0 Å². The molecule has 0 atom stereocenters. The summed E-state index contributed by atoms with van der Waals surface area (Å²) in [5, 5.41) is 2.88. The lowest BCUT2D eigenvalue weighted by Gasteiger charge is -2.10. The Labute approximate surface area is 127 Å². The molecule has 0 aliphatic carbocycles. The number of hydrogen-bond donors (Lipinski definition) is 2. The van der Waals surface area contributed by atoms with Crippen molar-refractivity contribution in [2.24, 2.45) is 0 Å². The van der Waals surface area contributed by atoms with Crippen LogP contribution in [-0.4, -0.2) is 20.4 Å². The van der Waals surface area contributed by atoms with E-state index in [-0.39, 0.29) is 15.6 Å². The van der Waals surface area contributed by atoms with Crippen molar-refractivity contribution < 1.29 is 12.8 Å². The Bertz CT molecular complexity index is 781. The number of nitrogens with zero attached hydrogens (tertiary/aromatic N) is 1. The molecule has 1 aromatic heterocycles. The van der Waals surface area contributed by atoms with E-state index in [2.05, 4.69) is 15.0 Å². The summed E-state index contributed by atoms with van der Waals surface area (Å²) in [6.07, 6.45) is 1.14. The fraction of sp³-hybridized carbons (Fsp3) is 0.154. The topological polar surface area (TPSA) is 71.1 Å². The molecule has 0 unspecified atom stereocenters. The highest BCUT2D eigenvalue weighted by Crippen LogP contribution is 2.24. The number of sulfonamides is 1. The van der Waals surface area contributed by atoms with Crippen molar-refractivity contribution in [3.05, 3.63) is 46.9 Å². The predicted octanol–water partition coefficient (Wildman–Crippen LogP) is 3.03. The van der Waals surface area contributed by atoms with Gasteiger partial charge in [-0.05, 0) is 30.7 Å². The van der Waals surface area contributed by atoms with Crippen LogP contribution < -0.4 is 10.0 Å². The summed E-state index contributed by atoms with van der Waals surface area (Å²) < 4.78 is 40.3. The molecule has 0 bridgehead atoms. The minimum absolute atomic E-state index is 0.130. The minimum Gasteiger partial charge on any atom is -0.372 e. The fourth-order valence-corrected chi connectivity index (χ4v) is 3.02. The number of benzene rings is 1. The summed E-state index contributed by atoms with van der Waals surface area (Å²) in [6, 6.07) is 5.46. The first kappa shape index (κ1) is 15.5. The van der Waals surface area contributed by atoms with E-state index in [9.17, 15) is 12.8 Å². The monoisotopic (exact) mass is 329 g/mol. The molecule has 1 heterocycles. The molecule has 2 N–H and O–H groups in total. The molecule has 2 aromatic rings. The highest BCUT2D eigenvalue weighted by molar-refractivity contribution is 7.92. The third-order valence-electron chi connectivity index (χ3n) is 2.73. The van der Waals surface area contributed by atoms with Crippen LogP contribution in [0.3, 0.4) is 0 Å². The van der Waals surface area contributed by atoms with Crippen LogP contribution in [0, 0.1) is 12.7 Å². The van der Waals surface area contributed by atoms with E-state index < -0.39 is 15.8 Å². The molecule has 5 nitrogen and oxygen atoms in total.